The standard InChI is InChI=1S/C9H17NO4/c1-6(2)7(3)4-10(9(13)14)5-8(11)12/h6-7H,4-5H2,1-3H3,(H,11,12)(H,13,14). The highest BCUT2D eigenvalue weighted by Crippen LogP contribution is 2.11. The van der Waals surface area contributed by atoms with Gasteiger partial charge in [0.15, 0.2) is 0 Å². The molecular formula is C9H17NO4. The van der Waals surface area contributed by atoms with Crippen molar-refractivity contribution in [2.75, 3.05) is 13.1 Å². The van der Waals surface area contributed by atoms with Crippen LogP contribution in [-0.2, 0) is 4.79 Å². The van der Waals surface area contributed by atoms with E-state index in [2.05, 4.69) is 0 Å². The summed E-state index contributed by atoms with van der Waals surface area (Å²) in [5.41, 5.74) is 0. The summed E-state index contributed by atoms with van der Waals surface area (Å²) >= 11 is 0. The van der Waals surface area contributed by atoms with Crippen molar-refractivity contribution >= 4 is 12.1 Å². The number of nitrogens with zero attached hydrogens (tertiary/aromatic N) is 1. The van der Waals surface area contributed by atoms with E-state index >= 15 is 0 Å². The zero-order valence-electron chi connectivity index (χ0n) is 8.73. The molecule has 0 rings (SSSR count). The van der Waals surface area contributed by atoms with Crippen LogP contribution in [0.5, 0.6) is 0 Å². The topological polar surface area (TPSA) is 77.8 Å². The molecule has 0 spiro atoms. The third-order valence-electron chi connectivity index (χ3n) is 2.24. The van der Waals surface area contributed by atoms with E-state index in [1.165, 1.54) is 0 Å². The Kier molecular flexibility index (Phi) is 4.97. The van der Waals surface area contributed by atoms with Gasteiger partial charge in [-0.2, -0.15) is 0 Å². The number of carboxylic acid groups (broad SMARTS) is 2. The molecule has 82 valence electrons. The van der Waals surface area contributed by atoms with Crippen LogP contribution in [0.15, 0.2) is 0 Å². The Morgan fingerprint density at radius 1 is 1.21 bits per heavy atom. The van der Waals surface area contributed by atoms with Crippen molar-refractivity contribution in [3.63, 3.8) is 0 Å². The van der Waals surface area contributed by atoms with Crippen molar-refractivity contribution < 1.29 is 19.8 Å². The number of hydrogen-bond donors (Lipinski definition) is 2. The minimum Gasteiger partial charge on any atom is -0.480 e. The SMILES string of the molecule is CC(C)C(C)CN(CC(=O)O)C(=O)O. The van der Waals surface area contributed by atoms with Crippen LogP contribution in [0.2, 0.25) is 0 Å². The van der Waals surface area contributed by atoms with Gasteiger partial charge in [0.1, 0.15) is 6.54 Å². The largest absolute Gasteiger partial charge is 0.480 e. The number of aliphatic carboxylic acids is 1. The molecule has 5 nitrogen and oxygen atoms in total. The van der Waals surface area contributed by atoms with E-state index in [1.54, 1.807) is 0 Å². The van der Waals surface area contributed by atoms with Crippen molar-refractivity contribution in [1.82, 2.24) is 4.90 Å². The normalized spacial score (nSPS) is 12.6. The van der Waals surface area contributed by atoms with Gasteiger partial charge in [-0.25, -0.2) is 4.79 Å². The number of rotatable bonds is 5. The molecule has 14 heavy (non-hydrogen) atoms. The molecular weight excluding hydrogens is 186 g/mol. The molecule has 0 fully saturated rings. The first-order valence-electron chi connectivity index (χ1n) is 4.54. The van der Waals surface area contributed by atoms with Crippen molar-refractivity contribution in [2.45, 2.75) is 20.8 Å². The fraction of sp³-hybridized carbons (Fsp3) is 0.778. The van der Waals surface area contributed by atoms with Crippen molar-refractivity contribution in [3.8, 4) is 0 Å². The number of hydrogen-bond acceptors (Lipinski definition) is 2. The summed E-state index contributed by atoms with van der Waals surface area (Å²) in [5, 5.41) is 17.2. The van der Waals surface area contributed by atoms with E-state index < -0.39 is 18.6 Å². The Morgan fingerprint density at radius 3 is 2.00 bits per heavy atom. The summed E-state index contributed by atoms with van der Waals surface area (Å²) in [6, 6.07) is 0. The predicted molar refractivity (Wildman–Crippen MR) is 51.2 cm³/mol. The molecule has 1 amide bonds. The summed E-state index contributed by atoms with van der Waals surface area (Å²) < 4.78 is 0. The highest BCUT2D eigenvalue weighted by molar-refractivity contribution is 5.75. The third-order valence-corrected chi connectivity index (χ3v) is 2.24. The van der Waals surface area contributed by atoms with Crippen LogP contribution in [0.1, 0.15) is 20.8 Å². The van der Waals surface area contributed by atoms with Gasteiger partial charge in [-0.05, 0) is 11.8 Å². The summed E-state index contributed by atoms with van der Waals surface area (Å²) in [6.45, 7) is 5.67. The van der Waals surface area contributed by atoms with E-state index in [-0.39, 0.29) is 12.5 Å². The molecule has 0 aromatic rings. The number of carboxylic acids is 1. The Hall–Kier alpha value is -1.26. The Morgan fingerprint density at radius 2 is 1.71 bits per heavy atom. The van der Waals surface area contributed by atoms with Crippen LogP contribution in [0.3, 0.4) is 0 Å². The van der Waals surface area contributed by atoms with E-state index in [0.29, 0.717) is 5.92 Å². The molecule has 1 atom stereocenters. The maximum atomic E-state index is 10.7. The van der Waals surface area contributed by atoms with Crippen LogP contribution in [0.4, 0.5) is 4.79 Å². The fourth-order valence-electron chi connectivity index (χ4n) is 0.932. The Labute approximate surface area is 83.3 Å². The maximum absolute atomic E-state index is 10.7. The second-order valence-electron chi connectivity index (χ2n) is 3.78. The summed E-state index contributed by atoms with van der Waals surface area (Å²) in [7, 11) is 0. The minimum absolute atomic E-state index is 0.158. The highest BCUT2D eigenvalue weighted by Gasteiger charge is 2.19. The van der Waals surface area contributed by atoms with Gasteiger partial charge in [-0.3, -0.25) is 9.69 Å². The van der Waals surface area contributed by atoms with Gasteiger partial charge in [-0.15, -0.1) is 0 Å². The van der Waals surface area contributed by atoms with Crippen LogP contribution in [0.25, 0.3) is 0 Å². The lowest BCUT2D eigenvalue weighted by Gasteiger charge is -2.23. The summed E-state index contributed by atoms with van der Waals surface area (Å²) in [4.78, 5) is 21.9. The second kappa shape index (κ2) is 5.47. The lowest BCUT2D eigenvalue weighted by atomic mass is 9.98. The van der Waals surface area contributed by atoms with Crippen molar-refractivity contribution in [1.29, 1.82) is 0 Å². The number of amides is 1. The third kappa shape index (κ3) is 4.69. The quantitative estimate of drug-likeness (QED) is 0.706. The zero-order chi connectivity index (χ0) is 11.3. The fourth-order valence-corrected chi connectivity index (χ4v) is 0.932. The molecule has 0 saturated carbocycles. The van der Waals surface area contributed by atoms with Crippen LogP contribution >= 0.6 is 0 Å². The lowest BCUT2D eigenvalue weighted by Crippen LogP contribution is -2.38. The van der Waals surface area contributed by atoms with Gasteiger partial charge in [0.2, 0.25) is 0 Å². The van der Waals surface area contributed by atoms with Gasteiger partial charge in [0.05, 0.1) is 0 Å². The molecule has 0 aliphatic carbocycles. The molecule has 0 heterocycles. The van der Waals surface area contributed by atoms with Crippen LogP contribution in [0, 0.1) is 11.8 Å². The molecule has 0 radical (unpaired) electrons. The van der Waals surface area contributed by atoms with E-state index in [9.17, 15) is 9.59 Å². The molecule has 0 aliphatic rings. The molecule has 0 aromatic heterocycles. The number of carbonyl (C=O) groups is 2. The second-order valence-corrected chi connectivity index (χ2v) is 3.78. The van der Waals surface area contributed by atoms with Crippen molar-refractivity contribution in [2.24, 2.45) is 11.8 Å². The predicted octanol–water partition coefficient (Wildman–Crippen LogP) is 1.34. The van der Waals surface area contributed by atoms with E-state index in [4.69, 9.17) is 10.2 Å². The van der Waals surface area contributed by atoms with E-state index in [1.807, 2.05) is 20.8 Å². The monoisotopic (exact) mass is 203 g/mol. The molecule has 1 unspecified atom stereocenters. The van der Waals surface area contributed by atoms with Crippen LogP contribution < -0.4 is 0 Å². The first kappa shape index (κ1) is 12.7. The first-order chi connectivity index (χ1) is 6.34. The summed E-state index contributed by atoms with van der Waals surface area (Å²) in [5.74, 6) is -0.626. The molecule has 0 aliphatic heterocycles. The smallest absolute Gasteiger partial charge is 0.407 e. The van der Waals surface area contributed by atoms with Gasteiger partial charge in [0, 0.05) is 6.54 Å². The first-order valence-corrected chi connectivity index (χ1v) is 4.54. The average Bonchev–Trinajstić information content (AvgIpc) is 2.01. The highest BCUT2D eigenvalue weighted by atomic mass is 16.4. The maximum Gasteiger partial charge on any atom is 0.407 e. The molecule has 0 saturated heterocycles. The molecule has 0 aromatic carbocycles. The van der Waals surface area contributed by atoms with Gasteiger partial charge in [-0.1, -0.05) is 20.8 Å². The molecule has 0 bridgehead atoms. The Balaban J connectivity index is 4.23. The minimum atomic E-state index is -1.18. The van der Waals surface area contributed by atoms with E-state index in [0.717, 1.165) is 4.90 Å². The lowest BCUT2D eigenvalue weighted by molar-refractivity contribution is -0.138. The Bertz CT molecular complexity index is 215. The average molecular weight is 203 g/mol. The van der Waals surface area contributed by atoms with Gasteiger partial charge >= 0.3 is 12.1 Å². The zero-order valence-corrected chi connectivity index (χ0v) is 8.73. The molecule has 2 N–H and O–H groups in total. The molecule has 5 heteroatoms. The van der Waals surface area contributed by atoms with Gasteiger partial charge < -0.3 is 10.2 Å². The van der Waals surface area contributed by atoms with Crippen LogP contribution in [-0.4, -0.2) is 40.3 Å². The summed E-state index contributed by atoms with van der Waals surface area (Å²) in [6.07, 6.45) is -1.18. The van der Waals surface area contributed by atoms with Gasteiger partial charge in [0.25, 0.3) is 0 Å². The van der Waals surface area contributed by atoms with Crippen molar-refractivity contribution in [3.05, 3.63) is 0 Å².